The van der Waals surface area contributed by atoms with Gasteiger partial charge in [-0.2, -0.15) is 0 Å². The molecule has 0 aliphatic carbocycles. The summed E-state index contributed by atoms with van der Waals surface area (Å²) in [5.41, 5.74) is 3.84. The van der Waals surface area contributed by atoms with E-state index in [0.29, 0.717) is 11.3 Å². The van der Waals surface area contributed by atoms with Crippen molar-refractivity contribution in [3.8, 4) is 5.75 Å². The fraction of sp³-hybridized carbons (Fsp3) is 0.286. The number of esters is 1. The Kier molecular flexibility index (Phi) is 7.11. The van der Waals surface area contributed by atoms with Gasteiger partial charge in [0.1, 0.15) is 12.0 Å². The maximum Gasteiger partial charge on any atom is 0.344 e. The lowest BCUT2D eigenvalue weighted by atomic mass is 10.0. The number of benzene rings is 2. The van der Waals surface area contributed by atoms with E-state index in [-0.39, 0.29) is 25.2 Å². The Morgan fingerprint density at radius 1 is 1.04 bits per heavy atom. The molecule has 0 aliphatic heterocycles. The average Bonchev–Trinajstić information content (AvgIpc) is 2.67. The van der Waals surface area contributed by atoms with Crippen molar-refractivity contribution in [2.45, 2.75) is 26.8 Å². The van der Waals surface area contributed by atoms with E-state index < -0.39 is 5.97 Å². The number of nitrogens with one attached hydrogen (secondary N) is 1. The molecule has 0 saturated carbocycles. The number of carbonyl (C=O) groups excluding carboxylic acids is 3. The van der Waals surface area contributed by atoms with Crippen molar-refractivity contribution >= 4 is 18.2 Å². The molecule has 0 aliphatic rings. The maximum atomic E-state index is 12.0. The Morgan fingerprint density at radius 3 is 2.37 bits per heavy atom. The highest BCUT2D eigenvalue weighted by Crippen LogP contribution is 2.16. The molecule has 0 unspecified atom stereocenters. The first-order chi connectivity index (χ1) is 12.9. The van der Waals surface area contributed by atoms with E-state index >= 15 is 0 Å². The monoisotopic (exact) mass is 369 g/mol. The minimum Gasteiger partial charge on any atom is -0.482 e. The second kappa shape index (κ2) is 9.52. The number of ether oxygens (including phenoxy) is 2. The molecular formula is C21H23NO5. The summed E-state index contributed by atoms with van der Waals surface area (Å²) in [6.45, 7) is 5.22. The van der Waals surface area contributed by atoms with E-state index in [1.54, 1.807) is 24.3 Å². The molecule has 1 atom stereocenters. The Balaban J connectivity index is 1.74. The van der Waals surface area contributed by atoms with Crippen LogP contribution in [-0.2, 0) is 14.3 Å². The standard InChI is InChI=1S/C21H23NO5/c1-14-4-7-18(10-15(14)2)16(3)22-20(24)12-27-21(25)13-26-19-8-5-17(11-23)6-9-19/h4-11,16H,12-13H2,1-3H3,(H,22,24)/t16-/m0/s1. The highest BCUT2D eigenvalue weighted by Gasteiger charge is 2.13. The maximum absolute atomic E-state index is 12.0. The predicted octanol–water partition coefficient (Wildman–Crippen LogP) is 2.92. The summed E-state index contributed by atoms with van der Waals surface area (Å²) < 4.78 is 10.2. The van der Waals surface area contributed by atoms with Crippen molar-refractivity contribution in [3.63, 3.8) is 0 Å². The third-order valence-electron chi connectivity index (χ3n) is 4.15. The number of aryl methyl sites for hydroxylation is 2. The molecule has 0 spiro atoms. The van der Waals surface area contributed by atoms with Gasteiger partial charge in [0.2, 0.25) is 0 Å². The summed E-state index contributed by atoms with van der Waals surface area (Å²) in [5.74, 6) is -0.599. The fourth-order valence-corrected chi connectivity index (χ4v) is 2.37. The molecule has 0 radical (unpaired) electrons. The Bertz CT molecular complexity index is 814. The minimum atomic E-state index is -0.650. The highest BCUT2D eigenvalue weighted by molar-refractivity contribution is 5.81. The second-order valence-corrected chi connectivity index (χ2v) is 6.27. The molecule has 6 nitrogen and oxygen atoms in total. The van der Waals surface area contributed by atoms with Crippen LogP contribution in [0, 0.1) is 13.8 Å². The van der Waals surface area contributed by atoms with Crippen LogP contribution in [0.4, 0.5) is 0 Å². The predicted molar refractivity (Wildman–Crippen MR) is 101 cm³/mol. The average molecular weight is 369 g/mol. The summed E-state index contributed by atoms with van der Waals surface area (Å²) in [6, 6.07) is 12.1. The van der Waals surface area contributed by atoms with Crippen LogP contribution >= 0.6 is 0 Å². The zero-order valence-corrected chi connectivity index (χ0v) is 15.7. The summed E-state index contributed by atoms with van der Waals surface area (Å²) in [4.78, 5) is 34.2. The SMILES string of the molecule is Cc1ccc([C@H](C)NC(=O)COC(=O)COc2ccc(C=O)cc2)cc1C. The third-order valence-corrected chi connectivity index (χ3v) is 4.15. The molecule has 2 aromatic rings. The van der Waals surface area contributed by atoms with Gasteiger partial charge in [0.25, 0.3) is 5.91 Å². The molecule has 6 heteroatoms. The lowest BCUT2D eigenvalue weighted by Gasteiger charge is -2.16. The molecule has 1 amide bonds. The second-order valence-electron chi connectivity index (χ2n) is 6.27. The lowest BCUT2D eigenvalue weighted by Crippen LogP contribution is -2.32. The zero-order valence-electron chi connectivity index (χ0n) is 15.7. The van der Waals surface area contributed by atoms with Crippen LogP contribution in [0.25, 0.3) is 0 Å². The Labute approximate surface area is 158 Å². The summed E-state index contributed by atoms with van der Waals surface area (Å²) in [5, 5.41) is 2.79. The Hall–Kier alpha value is -3.15. The largest absolute Gasteiger partial charge is 0.482 e. The van der Waals surface area contributed by atoms with Gasteiger partial charge in [0.05, 0.1) is 6.04 Å². The van der Waals surface area contributed by atoms with Crippen LogP contribution in [0.15, 0.2) is 42.5 Å². The topological polar surface area (TPSA) is 81.7 Å². The van der Waals surface area contributed by atoms with Gasteiger partial charge in [-0.05, 0) is 61.7 Å². The van der Waals surface area contributed by atoms with E-state index in [1.807, 2.05) is 39.0 Å². The van der Waals surface area contributed by atoms with Gasteiger partial charge in [-0.3, -0.25) is 9.59 Å². The molecule has 2 rings (SSSR count). The fourth-order valence-electron chi connectivity index (χ4n) is 2.37. The summed E-state index contributed by atoms with van der Waals surface area (Å²) >= 11 is 0. The number of hydrogen-bond donors (Lipinski definition) is 1. The molecule has 1 N–H and O–H groups in total. The Morgan fingerprint density at radius 2 is 1.74 bits per heavy atom. The number of carbonyl (C=O) groups is 3. The molecule has 142 valence electrons. The van der Waals surface area contributed by atoms with Crippen LogP contribution in [0.2, 0.25) is 0 Å². The highest BCUT2D eigenvalue weighted by atomic mass is 16.6. The summed E-state index contributed by atoms with van der Waals surface area (Å²) in [7, 11) is 0. The molecule has 2 aromatic carbocycles. The number of rotatable bonds is 8. The van der Waals surface area contributed by atoms with Gasteiger partial charge in [-0.1, -0.05) is 18.2 Å². The summed E-state index contributed by atoms with van der Waals surface area (Å²) in [6.07, 6.45) is 0.718. The third kappa shape index (κ3) is 6.26. The van der Waals surface area contributed by atoms with E-state index in [1.165, 1.54) is 5.56 Å². The van der Waals surface area contributed by atoms with Gasteiger partial charge in [0, 0.05) is 5.56 Å². The van der Waals surface area contributed by atoms with Crippen molar-refractivity contribution in [3.05, 3.63) is 64.7 Å². The number of hydrogen-bond acceptors (Lipinski definition) is 5. The minimum absolute atomic E-state index is 0.192. The van der Waals surface area contributed by atoms with Crippen molar-refractivity contribution in [1.29, 1.82) is 0 Å². The molecule has 0 saturated heterocycles. The van der Waals surface area contributed by atoms with Crippen LogP contribution < -0.4 is 10.1 Å². The van der Waals surface area contributed by atoms with Gasteiger partial charge in [-0.25, -0.2) is 4.79 Å². The van der Waals surface area contributed by atoms with Crippen molar-refractivity contribution in [2.75, 3.05) is 13.2 Å². The van der Waals surface area contributed by atoms with Crippen LogP contribution in [0.5, 0.6) is 5.75 Å². The van der Waals surface area contributed by atoms with Gasteiger partial charge >= 0.3 is 5.97 Å². The number of amides is 1. The van der Waals surface area contributed by atoms with E-state index in [4.69, 9.17) is 9.47 Å². The molecule has 0 fully saturated rings. The van der Waals surface area contributed by atoms with E-state index in [9.17, 15) is 14.4 Å². The van der Waals surface area contributed by atoms with Crippen LogP contribution in [0.1, 0.15) is 40.0 Å². The van der Waals surface area contributed by atoms with Gasteiger partial charge in [0.15, 0.2) is 13.2 Å². The molecule has 27 heavy (non-hydrogen) atoms. The lowest BCUT2D eigenvalue weighted by molar-refractivity contribution is -0.150. The van der Waals surface area contributed by atoms with Crippen molar-refractivity contribution in [1.82, 2.24) is 5.32 Å². The number of aldehydes is 1. The molecular weight excluding hydrogens is 346 g/mol. The smallest absolute Gasteiger partial charge is 0.344 e. The molecule has 0 bridgehead atoms. The normalized spacial score (nSPS) is 11.4. The van der Waals surface area contributed by atoms with Crippen molar-refractivity contribution in [2.24, 2.45) is 0 Å². The van der Waals surface area contributed by atoms with Crippen LogP contribution in [-0.4, -0.2) is 31.4 Å². The first-order valence-corrected chi connectivity index (χ1v) is 8.59. The molecule has 0 heterocycles. The first-order valence-electron chi connectivity index (χ1n) is 8.59. The van der Waals surface area contributed by atoms with E-state index in [2.05, 4.69) is 5.32 Å². The quantitative estimate of drug-likeness (QED) is 0.571. The van der Waals surface area contributed by atoms with E-state index in [0.717, 1.165) is 17.4 Å². The first kappa shape index (κ1) is 20.2. The van der Waals surface area contributed by atoms with Gasteiger partial charge in [-0.15, -0.1) is 0 Å². The van der Waals surface area contributed by atoms with Crippen LogP contribution in [0.3, 0.4) is 0 Å². The molecule has 0 aromatic heterocycles. The van der Waals surface area contributed by atoms with Gasteiger partial charge < -0.3 is 14.8 Å². The zero-order chi connectivity index (χ0) is 19.8. The van der Waals surface area contributed by atoms with Crippen molar-refractivity contribution < 1.29 is 23.9 Å².